The van der Waals surface area contributed by atoms with Crippen LogP contribution in [0.3, 0.4) is 0 Å². The van der Waals surface area contributed by atoms with Crippen LogP contribution in [0.2, 0.25) is 0 Å². The maximum Gasteiger partial charge on any atom is 0.573 e. The number of aliphatic hydroxyl groups excluding tert-OH is 1. The summed E-state index contributed by atoms with van der Waals surface area (Å²) in [7, 11) is 0. The zero-order valence-electron chi connectivity index (χ0n) is 30.5. The number of rotatable bonds is 9. The maximum absolute atomic E-state index is 12.3. The molecule has 304 valence electrons. The van der Waals surface area contributed by atoms with E-state index in [1.165, 1.54) is 65.8 Å². The Bertz CT molecular complexity index is 2530. The lowest BCUT2D eigenvalue weighted by atomic mass is 10.0. The Balaban J connectivity index is 0.000000169. The first kappa shape index (κ1) is 41.6. The minimum Gasteiger partial charge on any atom is -0.426 e. The van der Waals surface area contributed by atoms with Gasteiger partial charge in [-0.1, -0.05) is 36.4 Å². The van der Waals surface area contributed by atoms with Gasteiger partial charge in [-0.15, -0.1) is 26.3 Å². The second kappa shape index (κ2) is 18.5. The van der Waals surface area contributed by atoms with Crippen LogP contribution in [0, 0.1) is 0 Å². The van der Waals surface area contributed by atoms with Crippen molar-refractivity contribution >= 4 is 17.1 Å². The van der Waals surface area contributed by atoms with Gasteiger partial charge in [-0.2, -0.15) is 0 Å². The van der Waals surface area contributed by atoms with Crippen molar-refractivity contribution in [3.63, 3.8) is 0 Å². The Morgan fingerprint density at radius 1 is 0.644 bits per heavy atom. The summed E-state index contributed by atoms with van der Waals surface area (Å²) >= 11 is 0. The third-order valence-corrected chi connectivity index (χ3v) is 8.38. The van der Waals surface area contributed by atoms with E-state index >= 15 is 0 Å². The molecular weight excluding hydrogens is 788 g/mol. The van der Waals surface area contributed by atoms with Gasteiger partial charge in [0, 0.05) is 43.5 Å². The first-order chi connectivity index (χ1) is 28.2. The molecule has 0 fully saturated rings. The number of benzene rings is 4. The SMILES string of the molecule is O=C1Cc2cc(-c3ccc(OC(F)(F)F)cc3)ccc2O1.O=c1oc2ccc(-c3ccc(OC(F)(F)F)cc3)cc2n1CCc1cncnc1.OCCc1cncnc1. The summed E-state index contributed by atoms with van der Waals surface area (Å²) in [6.45, 7) is 0.536. The molecule has 3 aromatic heterocycles. The Kier molecular flexibility index (Phi) is 13.0. The van der Waals surface area contributed by atoms with Crippen LogP contribution in [-0.2, 0) is 30.6 Å². The lowest BCUT2D eigenvalue weighted by Gasteiger charge is -2.09. The first-order valence-electron chi connectivity index (χ1n) is 17.5. The fourth-order valence-corrected chi connectivity index (χ4v) is 5.75. The van der Waals surface area contributed by atoms with Crippen LogP contribution in [0.4, 0.5) is 26.3 Å². The van der Waals surface area contributed by atoms with Crippen LogP contribution in [0.5, 0.6) is 17.2 Å². The number of halogens is 6. The second-order valence-electron chi connectivity index (χ2n) is 12.5. The normalized spacial score (nSPS) is 12.1. The molecule has 1 aliphatic rings. The van der Waals surface area contributed by atoms with E-state index in [9.17, 15) is 35.9 Å². The lowest BCUT2D eigenvalue weighted by Crippen LogP contribution is -2.16. The van der Waals surface area contributed by atoms with Crippen LogP contribution < -0.4 is 20.0 Å². The monoisotopic (exact) mass is 819 g/mol. The van der Waals surface area contributed by atoms with Gasteiger partial charge in [0.25, 0.3) is 0 Å². The fourth-order valence-electron chi connectivity index (χ4n) is 5.75. The molecule has 0 atom stereocenters. The number of hydrogen-bond acceptors (Lipinski definition) is 11. The molecule has 18 heteroatoms. The molecule has 0 saturated carbocycles. The third-order valence-electron chi connectivity index (χ3n) is 8.38. The molecule has 0 amide bonds. The predicted molar refractivity (Wildman–Crippen MR) is 199 cm³/mol. The van der Waals surface area contributed by atoms with E-state index in [1.807, 2.05) is 0 Å². The summed E-state index contributed by atoms with van der Waals surface area (Å²) in [5, 5.41) is 8.46. The molecule has 12 nitrogen and oxygen atoms in total. The number of carbonyl (C=O) groups excluding carboxylic acids is 1. The van der Waals surface area contributed by atoms with E-state index in [0.717, 1.165) is 33.4 Å². The maximum atomic E-state index is 12.3. The van der Waals surface area contributed by atoms with Gasteiger partial charge in [-0.05, 0) is 94.8 Å². The number of fused-ring (bicyclic) bond motifs is 2. The minimum atomic E-state index is -4.74. The number of aromatic nitrogens is 5. The molecule has 4 heterocycles. The highest BCUT2D eigenvalue weighted by Crippen LogP contribution is 2.33. The van der Waals surface area contributed by atoms with E-state index in [1.54, 1.807) is 61.2 Å². The number of aryl methyl sites for hydroxylation is 2. The number of oxazole rings is 1. The molecule has 8 rings (SSSR count). The van der Waals surface area contributed by atoms with E-state index < -0.39 is 18.5 Å². The Hall–Kier alpha value is -7.08. The summed E-state index contributed by atoms with van der Waals surface area (Å²) in [6, 6.07) is 21.5. The van der Waals surface area contributed by atoms with Crippen molar-refractivity contribution in [2.24, 2.45) is 0 Å². The van der Waals surface area contributed by atoms with Crippen LogP contribution in [0.25, 0.3) is 33.4 Å². The number of carbonyl (C=O) groups is 1. The second-order valence-corrected chi connectivity index (χ2v) is 12.5. The topological polar surface area (TPSA) is 152 Å². The van der Waals surface area contributed by atoms with Gasteiger partial charge in [0.1, 0.15) is 29.9 Å². The number of aliphatic hydroxyl groups is 1. The molecule has 0 bridgehead atoms. The lowest BCUT2D eigenvalue weighted by molar-refractivity contribution is -0.275. The first-order valence-corrected chi connectivity index (χ1v) is 17.5. The van der Waals surface area contributed by atoms with Gasteiger partial charge >= 0.3 is 24.5 Å². The van der Waals surface area contributed by atoms with Crippen LogP contribution >= 0.6 is 0 Å². The summed E-state index contributed by atoms with van der Waals surface area (Å²) in [5.74, 6) is -0.835. The standard InChI is InChI=1S/C20H14F3N3O3.C15H9F3O3.C6H8N2O/c21-20(22,23)29-16-4-1-14(2-5-16)15-3-6-18-17(9-15)26(19(27)28-18)8-7-13-10-24-12-25-11-13;16-15(17,18)21-12-4-1-9(2-5-12)10-3-6-13-11(7-10)8-14(19)20-13;9-2-1-6-3-7-5-8-4-6/h1-6,9-12H,7-8H2;1-7H,8H2;3-5,9H,1-2H2. The molecule has 4 aromatic carbocycles. The van der Waals surface area contributed by atoms with Crippen LogP contribution in [-0.4, -0.2) is 54.9 Å². The van der Waals surface area contributed by atoms with Crippen LogP contribution in [0.15, 0.2) is 132 Å². The zero-order valence-corrected chi connectivity index (χ0v) is 30.5. The fraction of sp³-hybridized carbons (Fsp3) is 0.171. The molecule has 0 unspecified atom stereocenters. The van der Waals surface area contributed by atoms with Crippen molar-refractivity contribution in [1.82, 2.24) is 24.5 Å². The average molecular weight is 820 g/mol. The van der Waals surface area contributed by atoms with Gasteiger partial charge in [0.2, 0.25) is 0 Å². The summed E-state index contributed by atoms with van der Waals surface area (Å²) in [5.41, 5.74) is 6.59. The molecular formula is C41H31F6N5O7. The summed E-state index contributed by atoms with van der Waals surface area (Å²) < 4.78 is 92.7. The highest BCUT2D eigenvalue weighted by molar-refractivity contribution is 5.83. The highest BCUT2D eigenvalue weighted by atomic mass is 19.4. The molecule has 0 radical (unpaired) electrons. The van der Waals surface area contributed by atoms with Gasteiger partial charge in [0.15, 0.2) is 5.58 Å². The van der Waals surface area contributed by atoms with Gasteiger partial charge < -0.3 is 23.7 Å². The van der Waals surface area contributed by atoms with Gasteiger partial charge in [0.05, 0.1) is 11.9 Å². The van der Waals surface area contributed by atoms with Crippen molar-refractivity contribution in [2.75, 3.05) is 6.61 Å². The number of esters is 1. The molecule has 59 heavy (non-hydrogen) atoms. The Morgan fingerprint density at radius 3 is 1.66 bits per heavy atom. The quantitative estimate of drug-likeness (QED) is 0.0859. The molecule has 0 aliphatic carbocycles. The number of alkyl halides is 6. The minimum absolute atomic E-state index is 0.160. The summed E-state index contributed by atoms with van der Waals surface area (Å²) in [6.07, 6.45) is 1.60. The average Bonchev–Trinajstić information content (AvgIpc) is 3.74. The molecule has 1 aliphatic heterocycles. The third kappa shape index (κ3) is 12.0. The van der Waals surface area contributed by atoms with Crippen molar-refractivity contribution in [3.8, 4) is 39.5 Å². The molecule has 0 saturated heterocycles. The van der Waals surface area contributed by atoms with Crippen LogP contribution in [0.1, 0.15) is 16.7 Å². The van der Waals surface area contributed by atoms with E-state index in [-0.39, 0.29) is 30.5 Å². The molecule has 1 N–H and O–H groups in total. The van der Waals surface area contributed by atoms with Gasteiger partial charge in [-0.3, -0.25) is 9.36 Å². The zero-order chi connectivity index (χ0) is 42.0. The van der Waals surface area contributed by atoms with E-state index in [0.29, 0.717) is 41.8 Å². The van der Waals surface area contributed by atoms with Crippen molar-refractivity contribution in [1.29, 1.82) is 0 Å². The van der Waals surface area contributed by atoms with Gasteiger partial charge in [-0.25, -0.2) is 24.7 Å². The largest absolute Gasteiger partial charge is 0.573 e. The van der Waals surface area contributed by atoms with Crippen molar-refractivity contribution in [2.45, 2.75) is 38.5 Å². The predicted octanol–water partition coefficient (Wildman–Crippen LogP) is 7.92. The number of ether oxygens (including phenoxy) is 3. The Morgan fingerprint density at radius 2 is 1.14 bits per heavy atom. The van der Waals surface area contributed by atoms with Crippen molar-refractivity contribution < 1.29 is 54.9 Å². The smallest absolute Gasteiger partial charge is 0.426 e. The highest BCUT2D eigenvalue weighted by Gasteiger charge is 2.32. The number of nitrogens with zero attached hydrogens (tertiary/aromatic N) is 5. The molecule has 7 aromatic rings. The number of hydrogen-bond donors (Lipinski definition) is 1. The Labute approximate surface area is 330 Å². The van der Waals surface area contributed by atoms with Crippen molar-refractivity contribution in [3.05, 3.63) is 150 Å². The summed E-state index contributed by atoms with van der Waals surface area (Å²) in [4.78, 5) is 38.9. The van der Waals surface area contributed by atoms with E-state index in [2.05, 4.69) is 29.4 Å². The van der Waals surface area contributed by atoms with E-state index in [4.69, 9.17) is 14.3 Å². The molecule has 0 spiro atoms.